The van der Waals surface area contributed by atoms with Crippen LogP contribution in [0.5, 0.6) is 0 Å². The summed E-state index contributed by atoms with van der Waals surface area (Å²) in [5.74, 6) is 2.86. The Labute approximate surface area is 143 Å². The number of aliphatic imine (C=N–C) groups is 1. The molecule has 0 radical (unpaired) electrons. The summed E-state index contributed by atoms with van der Waals surface area (Å²) in [6, 6.07) is 0. The number of nitrogens with one attached hydrogen (secondary N) is 3. The van der Waals surface area contributed by atoms with Crippen LogP contribution in [-0.2, 0) is 18.4 Å². The fourth-order valence-corrected chi connectivity index (χ4v) is 2.15. The maximum absolute atomic E-state index is 11.6. The second kappa shape index (κ2) is 9.24. The van der Waals surface area contributed by atoms with Crippen molar-refractivity contribution in [1.29, 1.82) is 0 Å². The molecule has 24 heavy (non-hydrogen) atoms. The third-order valence-electron chi connectivity index (χ3n) is 4.05. The summed E-state index contributed by atoms with van der Waals surface area (Å²) in [5, 5.41) is 17.7. The lowest BCUT2D eigenvalue weighted by atomic mass is 10.3. The molecule has 0 saturated heterocycles. The zero-order valence-corrected chi connectivity index (χ0v) is 14.9. The monoisotopic (exact) mass is 335 g/mol. The Bertz CT molecular complexity index is 563. The van der Waals surface area contributed by atoms with Crippen molar-refractivity contribution in [2.75, 3.05) is 19.6 Å². The molecule has 0 aliphatic heterocycles. The van der Waals surface area contributed by atoms with E-state index in [1.165, 1.54) is 0 Å². The van der Waals surface area contributed by atoms with E-state index in [9.17, 15) is 4.79 Å². The average Bonchev–Trinajstić information content (AvgIpc) is 3.37. The van der Waals surface area contributed by atoms with Crippen LogP contribution in [0.4, 0.5) is 0 Å². The first-order valence-corrected chi connectivity index (χ1v) is 8.76. The van der Waals surface area contributed by atoms with Gasteiger partial charge in [-0.2, -0.15) is 0 Å². The summed E-state index contributed by atoms with van der Waals surface area (Å²) in [4.78, 5) is 16.2. The summed E-state index contributed by atoms with van der Waals surface area (Å²) in [6.45, 7) is 6.66. The molecule has 1 heterocycles. The SMILES string of the molecule is CCCCNC(=NCc1nnc(C)n1C)NCCNC(=O)C1CC1. The van der Waals surface area contributed by atoms with Crippen LogP contribution >= 0.6 is 0 Å². The summed E-state index contributed by atoms with van der Waals surface area (Å²) >= 11 is 0. The van der Waals surface area contributed by atoms with Crippen molar-refractivity contribution < 1.29 is 4.79 Å². The van der Waals surface area contributed by atoms with Crippen LogP contribution in [0.3, 0.4) is 0 Å². The van der Waals surface area contributed by atoms with E-state index < -0.39 is 0 Å². The molecule has 8 heteroatoms. The number of nitrogens with zero attached hydrogens (tertiary/aromatic N) is 4. The Kier molecular flexibility index (Phi) is 7.02. The number of hydrogen-bond acceptors (Lipinski definition) is 4. The summed E-state index contributed by atoms with van der Waals surface area (Å²) < 4.78 is 1.93. The number of rotatable bonds is 9. The first-order valence-electron chi connectivity index (χ1n) is 8.76. The zero-order valence-electron chi connectivity index (χ0n) is 14.9. The van der Waals surface area contributed by atoms with Gasteiger partial charge in [0.05, 0.1) is 0 Å². The molecule has 1 fully saturated rings. The van der Waals surface area contributed by atoms with Crippen molar-refractivity contribution in [2.45, 2.75) is 46.1 Å². The van der Waals surface area contributed by atoms with Crippen molar-refractivity contribution >= 4 is 11.9 Å². The molecule has 1 aromatic heterocycles. The second-order valence-electron chi connectivity index (χ2n) is 6.16. The van der Waals surface area contributed by atoms with Gasteiger partial charge in [-0.1, -0.05) is 13.3 Å². The third-order valence-corrected chi connectivity index (χ3v) is 4.05. The highest BCUT2D eigenvalue weighted by atomic mass is 16.2. The van der Waals surface area contributed by atoms with Gasteiger partial charge in [0.25, 0.3) is 0 Å². The Balaban J connectivity index is 1.79. The van der Waals surface area contributed by atoms with Gasteiger partial charge in [0, 0.05) is 32.6 Å². The standard InChI is InChI=1S/C16H29N7O/c1-4-5-8-18-16(19-10-9-17-15(24)13-6-7-13)20-11-14-22-21-12(2)23(14)3/h13H,4-11H2,1-3H3,(H,17,24)(H2,18,19,20). The van der Waals surface area contributed by atoms with Gasteiger partial charge < -0.3 is 20.5 Å². The number of hydrogen-bond donors (Lipinski definition) is 3. The Morgan fingerprint density at radius 3 is 2.54 bits per heavy atom. The highest BCUT2D eigenvalue weighted by Gasteiger charge is 2.28. The minimum absolute atomic E-state index is 0.170. The molecule has 1 amide bonds. The van der Waals surface area contributed by atoms with Crippen LogP contribution in [0.25, 0.3) is 0 Å². The van der Waals surface area contributed by atoms with E-state index >= 15 is 0 Å². The normalized spacial score (nSPS) is 14.5. The minimum Gasteiger partial charge on any atom is -0.356 e. The van der Waals surface area contributed by atoms with E-state index in [-0.39, 0.29) is 11.8 Å². The van der Waals surface area contributed by atoms with Crippen LogP contribution < -0.4 is 16.0 Å². The lowest BCUT2D eigenvalue weighted by Crippen LogP contribution is -2.42. The highest BCUT2D eigenvalue weighted by molar-refractivity contribution is 5.81. The predicted octanol–water partition coefficient (Wildman–Crippen LogP) is 0.485. The molecule has 0 aromatic carbocycles. The first kappa shape index (κ1) is 18.2. The lowest BCUT2D eigenvalue weighted by molar-refractivity contribution is -0.122. The Hall–Kier alpha value is -2.12. The summed E-state index contributed by atoms with van der Waals surface area (Å²) in [5.41, 5.74) is 0. The predicted molar refractivity (Wildman–Crippen MR) is 93.5 cm³/mol. The molecule has 1 aromatic rings. The van der Waals surface area contributed by atoms with E-state index in [0.29, 0.717) is 19.6 Å². The van der Waals surface area contributed by atoms with Crippen LogP contribution in [0.15, 0.2) is 4.99 Å². The van der Waals surface area contributed by atoms with Gasteiger partial charge in [-0.25, -0.2) is 4.99 Å². The Morgan fingerprint density at radius 2 is 1.92 bits per heavy atom. The van der Waals surface area contributed by atoms with Crippen LogP contribution in [0.2, 0.25) is 0 Å². The summed E-state index contributed by atoms with van der Waals surface area (Å²) in [6.07, 6.45) is 4.27. The van der Waals surface area contributed by atoms with Gasteiger partial charge in [0.1, 0.15) is 12.4 Å². The molecular formula is C16H29N7O. The quantitative estimate of drug-likeness (QED) is 0.347. The van der Waals surface area contributed by atoms with Crippen molar-refractivity contribution in [2.24, 2.45) is 18.0 Å². The second-order valence-corrected chi connectivity index (χ2v) is 6.16. The largest absolute Gasteiger partial charge is 0.356 e. The van der Waals surface area contributed by atoms with Crippen molar-refractivity contribution in [3.05, 3.63) is 11.6 Å². The van der Waals surface area contributed by atoms with Crippen molar-refractivity contribution in [3.63, 3.8) is 0 Å². The molecule has 1 aliphatic rings. The van der Waals surface area contributed by atoms with Crippen molar-refractivity contribution in [1.82, 2.24) is 30.7 Å². The molecule has 1 aliphatic carbocycles. The zero-order chi connectivity index (χ0) is 17.4. The Morgan fingerprint density at radius 1 is 1.21 bits per heavy atom. The fraction of sp³-hybridized carbons (Fsp3) is 0.750. The number of unbranched alkanes of at least 4 members (excludes halogenated alkanes) is 1. The van der Waals surface area contributed by atoms with Gasteiger partial charge in [-0.3, -0.25) is 4.79 Å². The third kappa shape index (κ3) is 5.82. The van der Waals surface area contributed by atoms with E-state index in [4.69, 9.17) is 0 Å². The first-order chi connectivity index (χ1) is 11.6. The number of amides is 1. The summed E-state index contributed by atoms with van der Waals surface area (Å²) in [7, 11) is 1.94. The number of aryl methyl sites for hydroxylation is 1. The fourth-order valence-electron chi connectivity index (χ4n) is 2.15. The number of carbonyl (C=O) groups is 1. The van der Waals surface area contributed by atoms with Gasteiger partial charge in [-0.05, 0) is 26.2 Å². The molecule has 8 nitrogen and oxygen atoms in total. The lowest BCUT2D eigenvalue weighted by Gasteiger charge is -2.13. The molecule has 0 bridgehead atoms. The average molecular weight is 335 g/mol. The highest BCUT2D eigenvalue weighted by Crippen LogP contribution is 2.28. The van der Waals surface area contributed by atoms with Crippen LogP contribution in [-0.4, -0.2) is 46.3 Å². The van der Waals surface area contributed by atoms with E-state index in [0.717, 1.165) is 49.8 Å². The molecule has 0 atom stereocenters. The van der Waals surface area contributed by atoms with Gasteiger partial charge in [0.2, 0.25) is 5.91 Å². The van der Waals surface area contributed by atoms with Gasteiger partial charge >= 0.3 is 0 Å². The molecule has 134 valence electrons. The number of carbonyl (C=O) groups excluding carboxylic acids is 1. The van der Waals surface area contributed by atoms with Gasteiger partial charge in [-0.15, -0.1) is 10.2 Å². The number of aromatic nitrogens is 3. The molecule has 1 saturated carbocycles. The maximum Gasteiger partial charge on any atom is 0.223 e. The van der Waals surface area contributed by atoms with E-state index in [1.807, 2.05) is 18.5 Å². The number of guanidine groups is 1. The molecule has 3 N–H and O–H groups in total. The van der Waals surface area contributed by atoms with Gasteiger partial charge in [0.15, 0.2) is 11.8 Å². The molecule has 2 rings (SSSR count). The minimum atomic E-state index is 0.170. The smallest absolute Gasteiger partial charge is 0.223 e. The van der Waals surface area contributed by atoms with Crippen LogP contribution in [0, 0.1) is 12.8 Å². The van der Waals surface area contributed by atoms with Crippen molar-refractivity contribution in [3.8, 4) is 0 Å². The van der Waals surface area contributed by atoms with E-state index in [1.54, 1.807) is 0 Å². The van der Waals surface area contributed by atoms with E-state index in [2.05, 4.69) is 38.1 Å². The molecule has 0 unspecified atom stereocenters. The van der Waals surface area contributed by atoms with Crippen LogP contribution in [0.1, 0.15) is 44.3 Å². The topological polar surface area (TPSA) is 96.2 Å². The maximum atomic E-state index is 11.6. The molecular weight excluding hydrogens is 306 g/mol. The molecule has 0 spiro atoms.